The van der Waals surface area contributed by atoms with Gasteiger partial charge < -0.3 is 14.2 Å². The van der Waals surface area contributed by atoms with Crippen molar-refractivity contribution in [3.8, 4) is 0 Å². The van der Waals surface area contributed by atoms with Gasteiger partial charge in [0.05, 0.1) is 0 Å². The number of rotatable bonds is 42. The van der Waals surface area contributed by atoms with E-state index in [0.717, 1.165) is 128 Å². The van der Waals surface area contributed by atoms with Gasteiger partial charge in [-0.05, 0) is 109 Å². The first-order chi connectivity index (χ1) is 29.5. The van der Waals surface area contributed by atoms with Gasteiger partial charge in [0.2, 0.25) is 0 Å². The van der Waals surface area contributed by atoms with E-state index in [1.807, 2.05) is 0 Å². The van der Waals surface area contributed by atoms with Crippen LogP contribution in [0, 0.1) is 0 Å². The summed E-state index contributed by atoms with van der Waals surface area (Å²) in [6, 6.07) is 0. The van der Waals surface area contributed by atoms with Gasteiger partial charge in [0.25, 0.3) is 0 Å². The maximum atomic E-state index is 12.7. The number of allylic oxidation sites excluding steroid dienone is 16. The van der Waals surface area contributed by atoms with Crippen molar-refractivity contribution in [3.05, 3.63) is 97.2 Å². The van der Waals surface area contributed by atoms with E-state index in [2.05, 4.69) is 118 Å². The van der Waals surface area contributed by atoms with Crippen molar-refractivity contribution in [3.63, 3.8) is 0 Å². The lowest BCUT2D eigenvalue weighted by Crippen LogP contribution is -2.30. The molecule has 0 radical (unpaired) electrons. The Morgan fingerprint density at radius 2 is 0.683 bits per heavy atom. The third kappa shape index (κ3) is 45.4. The second-order valence-corrected chi connectivity index (χ2v) is 15.6. The van der Waals surface area contributed by atoms with Crippen molar-refractivity contribution in [2.45, 2.75) is 213 Å². The first-order valence-corrected chi connectivity index (χ1v) is 24.2. The largest absolute Gasteiger partial charge is 0.462 e. The molecule has 0 amide bonds. The Hall–Kier alpha value is -3.67. The summed E-state index contributed by atoms with van der Waals surface area (Å²) in [4.78, 5) is 37.8. The highest BCUT2D eigenvalue weighted by atomic mass is 16.6. The highest BCUT2D eigenvalue weighted by Crippen LogP contribution is 2.12. The molecule has 1 unspecified atom stereocenters. The van der Waals surface area contributed by atoms with Crippen molar-refractivity contribution in [1.29, 1.82) is 0 Å². The van der Waals surface area contributed by atoms with Crippen molar-refractivity contribution in [2.75, 3.05) is 13.2 Å². The van der Waals surface area contributed by atoms with Crippen molar-refractivity contribution in [2.24, 2.45) is 0 Å². The standard InChI is InChI=1S/C54H88O6/c1-4-7-10-13-16-19-22-23-24-25-26-27-28-29-30-31-33-35-38-41-44-47-53(56)59-50-51(49-58-52(55)46-43-40-37-34-21-18-15-12-9-6-3)60-54(57)48-45-42-39-36-32-20-17-14-11-8-5-2/h7,10,12,14-17,19,23-24,26-27,29-30,33,35,51H,4-6,8-9,11,13,18,20-22,25,28,31-32,34,36-50H2,1-3H3/b10-7-,15-12-,17-14-,19-16-,24-23-,27-26-,30-29-,35-33-. The molecule has 0 spiro atoms. The molecule has 0 rings (SSSR count). The average Bonchev–Trinajstić information content (AvgIpc) is 3.24. The van der Waals surface area contributed by atoms with Crippen LogP contribution in [0.25, 0.3) is 0 Å². The summed E-state index contributed by atoms with van der Waals surface area (Å²) in [6.07, 6.45) is 62.5. The summed E-state index contributed by atoms with van der Waals surface area (Å²) in [5.41, 5.74) is 0. The van der Waals surface area contributed by atoms with Gasteiger partial charge in [0, 0.05) is 19.3 Å². The first kappa shape index (κ1) is 56.3. The SMILES string of the molecule is CC/C=C\C/C=C\C/C=C\C/C=C\C/C=C\C/C=C\CCCCC(=O)OCC(COC(=O)CCCCCCC/C=C\CCC)OC(=O)CCCCCCC/C=C\CCCC. The number of hydrogen-bond acceptors (Lipinski definition) is 6. The minimum absolute atomic E-state index is 0.101. The molecule has 0 aromatic carbocycles. The van der Waals surface area contributed by atoms with Crippen LogP contribution in [0.2, 0.25) is 0 Å². The van der Waals surface area contributed by atoms with Gasteiger partial charge in [-0.3, -0.25) is 14.4 Å². The Morgan fingerprint density at radius 3 is 1.13 bits per heavy atom. The molecule has 6 heteroatoms. The fraction of sp³-hybridized carbons (Fsp3) is 0.648. The predicted molar refractivity (Wildman–Crippen MR) is 256 cm³/mol. The van der Waals surface area contributed by atoms with Gasteiger partial charge in [-0.25, -0.2) is 0 Å². The van der Waals surface area contributed by atoms with Gasteiger partial charge in [-0.15, -0.1) is 0 Å². The van der Waals surface area contributed by atoms with Crippen LogP contribution in [0.5, 0.6) is 0 Å². The summed E-state index contributed by atoms with van der Waals surface area (Å²) in [7, 11) is 0. The van der Waals surface area contributed by atoms with Gasteiger partial charge in [-0.1, -0.05) is 176 Å². The summed E-state index contributed by atoms with van der Waals surface area (Å²) in [6.45, 7) is 6.35. The third-order valence-corrected chi connectivity index (χ3v) is 9.77. The van der Waals surface area contributed by atoms with Crippen LogP contribution in [-0.4, -0.2) is 37.2 Å². The zero-order valence-corrected chi connectivity index (χ0v) is 38.7. The summed E-state index contributed by atoms with van der Waals surface area (Å²) in [5, 5.41) is 0. The van der Waals surface area contributed by atoms with Crippen molar-refractivity contribution >= 4 is 17.9 Å². The molecule has 0 bridgehead atoms. The Balaban J connectivity index is 4.42. The molecule has 0 heterocycles. The topological polar surface area (TPSA) is 78.9 Å². The number of esters is 3. The second-order valence-electron chi connectivity index (χ2n) is 15.6. The molecule has 0 aliphatic carbocycles. The van der Waals surface area contributed by atoms with Crippen LogP contribution in [0.15, 0.2) is 97.2 Å². The Morgan fingerprint density at radius 1 is 0.350 bits per heavy atom. The van der Waals surface area contributed by atoms with E-state index in [-0.39, 0.29) is 31.1 Å². The zero-order chi connectivity index (χ0) is 43.7. The van der Waals surface area contributed by atoms with E-state index < -0.39 is 6.10 Å². The van der Waals surface area contributed by atoms with E-state index in [0.29, 0.717) is 19.3 Å². The van der Waals surface area contributed by atoms with Gasteiger partial charge in [-0.2, -0.15) is 0 Å². The zero-order valence-electron chi connectivity index (χ0n) is 38.7. The lowest BCUT2D eigenvalue weighted by atomic mass is 10.1. The van der Waals surface area contributed by atoms with E-state index in [1.165, 1.54) is 38.5 Å². The molecular formula is C54H88O6. The maximum Gasteiger partial charge on any atom is 0.306 e. The first-order valence-electron chi connectivity index (χ1n) is 24.2. The quantitative estimate of drug-likeness (QED) is 0.0264. The molecule has 60 heavy (non-hydrogen) atoms. The molecular weight excluding hydrogens is 745 g/mol. The van der Waals surface area contributed by atoms with Crippen LogP contribution < -0.4 is 0 Å². The minimum Gasteiger partial charge on any atom is -0.462 e. The molecule has 0 aromatic rings. The molecule has 0 aromatic heterocycles. The number of unbranched alkanes of at least 4 members (excludes halogenated alkanes) is 15. The van der Waals surface area contributed by atoms with Crippen LogP contribution in [-0.2, 0) is 28.6 Å². The number of hydrogen-bond donors (Lipinski definition) is 0. The highest BCUT2D eigenvalue weighted by molar-refractivity contribution is 5.71. The van der Waals surface area contributed by atoms with Crippen LogP contribution >= 0.6 is 0 Å². The monoisotopic (exact) mass is 833 g/mol. The maximum absolute atomic E-state index is 12.7. The summed E-state index contributed by atoms with van der Waals surface area (Å²) < 4.78 is 16.7. The molecule has 0 N–H and O–H groups in total. The molecule has 0 saturated heterocycles. The van der Waals surface area contributed by atoms with Crippen molar-refractivity contribution in [1.82, 2.24) is 0 Å². The summed E-state index contributed by atoms with van der Waals surface area (Å²) >= 11 is 0. The number of carbonyl (C=O) groups is 3. The minimum atomic E-state index is -0.801. The van der Waals surface area contributed by atoms with Gasteiger partial charge in [0.15, 0.2) is 6.10 Å². The van der Waals surface area contributed by atoms with Gasteiger partial charge in [0.1, 0.15) is 13.2 Å². The lowest BCUT2D eigenvalue weighted by Gasteiger charge is -2.18. The fourth-order valence-corrected chi connectivity index (χ4v) is 6.13. The normalized spacial score (nSPS) is 12.9. The average molecular weight is 833 g/mol. The molecule has 0 fully saturated rings. The Bertz CT molecular complexity index is 1230. The summed E-state index contributed by atoms with van der Waals surface area (Å²) in [5.74, 6) is -0.974. The predicted octanol–water partition coefficient (Wildman–Crippen LogP) is 15.8. The van der Waals surface area contributed by atoms with Crippen molar-refractivity contribution < 1.29 is 28.6 Å². The van der Waals surface area contributed by atoms with E-state index in [4.69, 9.17) is 14.2 Å². The van der Waals surface area contributed by atoms with Gasteiger partial charge >= 0.3 is 17.9 Å². The highest BCUT2D eigenvalue weighted by Gasteiger charge is 2.19. The number of carbonyl (C=O) groups excluding carboxylic acids is 3. The molecule has 0 saturated carbocycles. The van der Waals surface area contributed by atoms with E-state index in [9.17, 15) is 14.4 Å². The Labute approximate surface area is 368 Å². The van der Waals surface area contributed by atoms with Crippen LogP contribution in [0.3, 0.4) is 0 Å². The lowest BCUT2D eigenvalue weighted by molar-refractivity contribution is -0.167. The Kier molecular flexibility index (Phi) is 45.1. The molecule has 0 aliphatic rings. The van der Waals surface area contributed by atoms with Crippen LogP contribution in [0.4, 0.5) is 0 Å². The fourth-order valence-electron chi connectivity index (χ4n) is 6.13. The second kappa shape index (κ2) is 48.0. The van der Waals surface area contributed by atoms with Crippen LogP contribution in [0.1, 0.15) is 207 Å². The molecule has 340 valence electrons. The van der Waals surface area contributed by atoms with E-state index in [1.54, 1.807) is 0 Å². The smallest absolute Gasteiger partial charge is 0.306 e. The van der Waals surface area contributed by atoms with E-state index >= 15 is 0 Å². The molecule has 0 aliphatic heterocycles. The molecule has 6 nitrogen and oxygen atoms in total. The number of ether oxygens (including phenoxy) is 3. The molecule has 1 atom stereocenters. The third-order valence-electron chi connectivity index (χ3n) is 9.77.